The highest BCUT2D eigenvalue weighted by atomic mass is 16.5. The van der Waals surface area contributed by atoms with E-state index in [1.807, 2.05) is 6.92 Å². The molecule has 0 atom stereocenters. The largest absolute Gasteiger partial charge is 0.466 e. The molecule has 6 heteroatoms. The Hall–Kier alpha value is -1.30. The first kappa shape index (κ1) is 21.7. The van der Waals surface area contributed by atoms with Gasteiger partial charge in [-0.25, -0.2) is 4.79 Å². The minimum absolute atomic E-state index is 0.122. The third-order valence-electron chi connectivity index (χ3n) is 3.63. The number of esters is 1. The van der Waals surface area contributed by atoms with Crippen LogP contribution in [0.15, 0.2) is 0 Å². The Morgan fingerprint density at radius 2 is 1.57 bits per heavy atom. The molecule has 0 radical (unpaired) electrons. The fourth-order valence-corrected chi connectivity index (χ4v) is 2.48. The number of rotatable bonds is 12. The number of nitrogens with one attached hydrogen (secondary N) is 2. The van der Waals surface area contributed by atoms with Crippen LogP contribution in [0, 0.1) is 0 Å². The lowest BCUT2D eigenvalue weighted by Crippen LogP contribution is -2.44. The Balaban J connectivity index is 3.59. The average Bonchev–Trinajstić information content (AvgIpc) is 2.46. The Bertz CT molecular complexity index is 325. The van der Waals surface area contributed by atoms with Crippen LogP contribution in [-0.2, 0) is 9.53 Å². The van der Waals surface area contributed by atoms with Crippen molar-refractivity contribution in [2.24, 2.45) is 0 Å². The van der Waals surface area contributed by atoms with Gasteiger partial charge in [0, 0.05) is 38.1 Å². The Labute approximate surface area is 141 Å². The van der Waals surface area contributed by atoms with Crippen LogP contribution in [0.5, 0.6) is 0 Å². The number of ether oxygens (including phenoxy) is 1. The normalized spacial score (nSPS) is 11.1. The Kier molecular flexibility index (Phi) is 12.4. The summed E-state index contributed by atoms with van der Waals surface area (Å²) in [6.07, 6.45) is 3.05. The number of hydrogen-bond acceptors (Lipinski definition) is 4. The van der Waals surface area contributed by atoms with Gasteiger partial charge in [0.1, 0.15) is 0 Å². The number of carbonyl (C=O) groups excluding carboxylic acids is 2. The molecule has 0 heterocycles. The van der Waals surface area contributed by atoms with E-state index in [1.54, 1.807) is 0 Å². The second-order valence-electron chi connectivity index (χ2n) is 6.22. The molecule has 0 aromatic rings. The summed E-state index contributed by atoms with van der Waals surface area (Å²) >= 11 is 0. The Morgan fingerprint density at radius 3 is 2.13 bits per heavy atom. The van der Waals surface area contributed by atoms with E-state index in [0.717, 1.165) is 25.8 Å². The molecule has 0 aliphatic heterocycles. The summed E-state index contributed by atoms with van der Waals surface area (Å²) < 4.78 is 4.86. The quantitative estimate of drug-likeness (QED) is 0.426. The highest BCUT2D eigenvalue weighted by Crippen LogP contribution is 2.03. The molecule has 0 unspecified atom stereocenters. The molecule has 0 rings (SSSR count). The van der Waals surface area contributed by atoms with E-state index in [-0.39, 0.29) is 12.0 Å². The predicted molar refractivity (Wildman–Crippen MR) is 93.5 cm³/mol. The second-order valence-corrected chi connectivity index (χ2v) is 6.22. The third kappa shape index (κ3) is 11.9. The van der Waals surface area contributed by atoms with Crippen molar-refractivity contribution in [3.8, 4) is 0 Å². The van der Waals surface area contributed by atoms with Gasteiger partial charge in [-0.05, 0) is 47.5 Å². The smallest absolute Gasteiger partial charge is 0.314 e. The van der Waals surface area contributed by atoms with E-state index in [4.69, 9.17) is 4.74 Å². The van der Waals surface area contributed by atoms with Crippen molar-refractivity contribution in [1.82, 2.24) is 15.5 Å². The zero-order valence-electron chi connectivity index (χ0n) is 15.5. The standard InChI is InChI=1S/C17H35N3O3/c1-6-23-16(21)10-8-7-9-11-18-17(22)19-12-13-20(14(2)3)15(4)5/h14-15H,6-13H2,1-5H3,(H2,18,19,22). The highest BCUT2D eigenvalue weighted by Gasteiger charge is 2.12. The molecular weight excluding hydrogens is 294 g/mol. The van der Waals surface area contributed by atoms with Gasteiger partial charge >= 0.3 is 12.0 Å². The molecule has 0 aliphatic carbocycles. The molecule has 136 valence electrons. The molecule has 6 nitrogen and oxygen atoms in total. The summed E-state index contributed by atoms with van der Waals surface area (Å²) in [4.78, 5) is 25.2. The first-order chi connectivity index (χ1) is 10.9. The van der Waals surface area contributed by atoms with Gasteiger partial charge in [-0.3, -0.25) is 9.69 Å². The molecule has 0 spiro atoms. The lowest BCUT2D eigenvalue weighted by molar-refractivity contribution is -0.143. The third-order valence-corrected chi connectivity index (χ3v) is 3.63. The molecule has 2 N–H and O–H groups in total. The second kappa shape index (κ2) is 13.2. The van der Waals surface area contributed by atoms with Crippen LogP contribution in [0.25, 0.3) is 0 Å². The summed E-state index contributed by atoms with van der Waals surface area (Å²) in [6, 6.07) is 0.821. The summed E-state index contributed by atoms with van der Waals surface area (Å²) in [5.74, 6) is -0.141. The molecule has 2 amide bonds. The zero-order valence-corrected chi connectivity index (χ0v) is 15.5. The van der Waals surface area contributed by atoms with Crippen molar-refractivity contribution in [2.75, 3.05) is 26.2 Å². The first-order valence-electron chi connectivity index (χ1n) is 8.81. The topological polar surface area (TPSA) is 70.7 Å². The zero-order chi connectivity index (χ0) is 17.7. The summed E-state index contributed by atoms with van der Waals surface area (Å²) in [7, 11) is 0. The van der Waals surface area contributed by atoms with Gasteiger partial charge in [0.15, 0.2) is 0 Å². The van der Waals surface area contributed by atoms with Crippen LogP contribution < -0.4 is 10.6 Å². The maximum Gasteiger partial charge on any atom is 0.314 e. The fourth-order valence-electron chi connectivity index (χ4n) is 2.48. The van der Waals surface area contributed by atoms with Crippen LogP contribution in [0.2, 0.25) is 0 Å². The van der Waals surface area contributed by atoms with E-state index >= 15 is 0 Å². The first-order valence-corrected chi connectivity index (χ1v) is 8.81. The summed E-state index contributed by atoms with van der Waals surface area (Å²) in [5, 5.41) is 5.73. The van der Waals surface area contributed by atoms with Crippen molar-refractivity contribution in [3.63, 3.8) is 0 Å². The lowest BCUT2D eigenvalue weighted by Gasteiger charge is -2.30. The molecule has 0 aliphatic rings. The number of carbonyl (C=O) groups is 2. The van der Waals surface area contributed by atoms with E-state index in [1.165, 1.54) is 0 Å². The van der Waals surface area contributed by atoms with Crippen LogP contribution in [0.1, 0.15) is 60.3 Å². The number of urea groups is 1. The lowest BCUT2D eigenvalue weighted by atomic mass is 10.2. The SMILES string of the molecule is CCOC(=O)CCCCCNC(=O)NCCN(C(C)C)C(C)C. The average molecular weight is 329 g/mol. The van der Waals surface area contributed by atoms with E-state index < -0.39 is 0 Å². The van der Waals surface area contributed by atoms with Crippen molar-refractivity contribution in [2.45, 2.75) is 72.4 Å². The van der Waals surface area contributed by atoms with Crippen LogP contribution in [-0.4, -0.2) is 55.2 Å². The fraction of sp³-hybridized carbons (Fsp3) is 0.882. The molecule has 0 bridgehead atoms. The van der Waals surface area contributed by atoms with Crippen LogP contribution in [0.4, 0.5) is 4.79 Å². The van der Waals surface area contributed by atoms with Gasteiger partial charge in [0.05, 0.1) is 6.61 Å². The molecule has 0 aromatic carbocycles. The van der Waals surface area contributed by atoms with Gasteiger partial charge < -0.3 is 15.4 Å². The van der Waals surface area contributed by atoms with Gasteiger partial charge in [-0.1, -0.05) is 6.42 Å². The van der Waals surface area contributed by atoms with Crippen LogP contribution in [0.3, 0.4) is 0 Å². The van der Waals surface area contributed by atoms with Crippen molar-refractivity contribution in [1.29, 1.82) is 0 Å². The van der Waals surface area contributed by atoms with E-state index in [9.17, 15) is 9.59 Å². The van der Waals surface area contributed by atoms with Crippen molar-refractivity contribution in [3.05, 3.63) is 0 Å². The predicted octanol–water partition coefficient (Wildman–Crippen LogP) is 2.53. The molecular formula is C17H35N3O3. The van der Waals surface area contributed by atoms with Gasteiger partial charge in [0.2, 0.25) is 0 Å². The number of amides is 2. The van der Waals surface area contributed by atoms with E-state index in [0.29, 0.717) is 38.2 Å². The van der Waals surface area contributed by atoms with E-state index in [2.05, 4.69) is 43.2 Å². The van der Waals surface area contributed by atoms with Crippen LogP contribution >= 0.6 is 0 Å². The maximum absolute atomic E-state index is 11.7. The molecule has 0 saturated heterocycles. The molecule has 23 heavy (non-hydrogen) atoms. The Morgan fingerprint density at radius 1 is 0.957 bits per heavy atom. The number of unbranched alkanes of at least 4 members (excludes halogenated alkanes) is 2. The molecule has 0 saturated carbocycles. The van der Waals surface area contributed by atoms with Gasteiger partial charge in [-0.15, -0.1) is 0 Å². The minimum atomic E-state index is -0.141. The minimum Gasteiger partial charge on any atom is -0.466 e. The number of nitrogens with zero attached hydrogens (tertiary/aromatic N) is 1. The number of hydrogen-bond donors (Lipinski definition) is 2. The summed E-state index contributed by atoms with van der Waals surface area (Å²) in [5.41, 5.74) is 0. The highest BCUT2D eigenvalue weighted by molar-refractivity contribution is 5.73. The maximum atomic E-state index is 11.7. The van der Waals surface area contributed by atoms with Crippen molar-refractivity contribution >= 4 is 12.0 Å². The molecule has 0 aromatic heterocycles. The molecule has 0 fully saturated rings. The van der Waals surface area contributed by atoms with Crippen molar-refractivity contribution < 1.29 is 14.3 Å². The van der Waals surface area contributed by atoms with Gasteiger partial charge in [0.25, 0.3) is 0 Å². The summed E-state index contributed by atoms with van der Waals surface area (Å²) in [6.45, 7) is 13.0. The monoisotopic (exact) mass is 329 g/mol. The van der Waals surface area contributed by atoms with Gasteiger partial charge in [-0.2, -0.15) is 0 Å².